The topological polar surface area (TPSA) is 39.1 Å². The van der Waals surface area contributed by atoms with Gasteiger partial charge in [-0.1, -0.05) is 18.2 Å². The van der Waals surface area contributed by atoms with Crippen LogP contribution in [0.4, 0.5) is 0 Å². The minimum absolute atomic E-state index is 0.209. The standard InChI is InChI=1S/C15H21N3O/c1-11(13-7-5-6-8-15(13)19-4)17-12(2)14-9-10-16-18(14)3/h5-12,17H,1-4H3. The number of ether oxygens (including phenoxy) is 1. The summed E-state index contributed by atoms with van der Waals surface area (Å²) >= 11 is 0. The quantitative estimate of drug-likeness (QED) is 0.897. The third-order valence-electron chi connectivity index (χ3n) is 3.41. The Labute approximate surface area is 114 Å². The van der Waals surface area contributed by atoms with Gasteiger partial charge >= 0.3 is 0 Å². The van der Waals surface area contributed by atoms with Crippen LogP contribution in [0.25, 0.3) is 0 Å². The third-order valence-corrected chi connectivity index (χ3v) is 3.41. The lowest BCUT2D eigenvalue weighted by atomic mass is 10.1. The van der Waals surface area contributed by atoms with Gasteiger partial charge in [-0.3, -0.25) is 4.68 Å². The Morgan fingerprint density at radius 1 is 1.16 bits per heavy atom. The van der Waals surface area contributed by atoms with Crippen molar-refractivity contribution in [2.24, 2.45) is 7.05 Å². The molecule has 0 aliphatic carbocycles. The molecule has 0 fully saturated rings. The maximum atomic E-state index is 5.40. The highest BCUT2D eigenvalue weighted by atomic mass is 16.5. The molecule has 0 saturated carbocycles. The molecule has 1 aromatic carbocycles. The molecule has 2 atom stereocenters. The maximum absolute atomic E-state index is 5.40. The summed E-state index contributed by atoms with van der Waals surface area (Å²) in [7, 11) is 3.66. The second kappa shape index (κ2) is 5.89. The second-order valence-electron chi connectivity index (χ2n) is 4.73. The summed E-state index contributed by atoms with van der Waals surface area (Å²) in [5, 5.41) is 7.78. The molecule has 2 unspecified atom stereocenters. The van der Waals surface area contributed by atoms with Gasteiger partial charge in [0.05, 0.1) is 12.8 Å². The van der Waals surface area contributed by atoms with E-state index in [0.717, 1.165) is 5.75 Å². The fourth-order valence-electron chi connectivity index (χ4n) is 2.38. The van der Waals surface area contributed by atoms with Crippen molar-refractivity contribution in [1.82, 2.24) is 15.1 Å². The molecule has 0 aliphatic rings. The predicted molar refractivity (Wildman–Crippen MR) is 76.2 cm³/mol. The first kappa shape index (κ1) is 13.6. The van der Waals surface area contributed by atoms with E-state index in [1.54, 1.807) is 7.11 Å². The van der Waals surface area contributed by atoms with Gasteiger partial charge in [-0.25, -0.2) is 0 Å². The summed E-state index contributed by atoms with van der Waals surface area (Å²) in [5.74, 6) is 0.916. The lowest BCUT2D eigenvalue weighted by Crippen LogP contribution is -2.24. The number of methoxy groups -OCH3 is 1. The van der Waals surface area contributed by atoms with Gasteiger partial charge in [0, 0.05) is 30.9 Å². The molecule has 2 rings (SSSR count). The van der Waals surface area contributed by atoms with Gasteiger partial charge in [0.2, 0.25) is 0 Å². The number of nitrogens with one attached hydrogen (secondary N) is 1. The van der Waals surface area contributed by atoms with Crippen molar-refractivity contribution in [3.8, 4) is 5.75 Å². The predicted octanol–water partition coefficient (Wildman–Crippen LogP) is 2.84. The minimum atomic E-state index is 0.209. The van der Waals surface area contributed by atoms with Gasteiger partial charge < -0.3 is 10.1 Å². The number of benzene rings is 1. The first-order valence-corrected chi connectivity index (χ1v) is 6.50. The summed E-state index contributed by atoms with van der Waals surface area (Å²) in [4.78, 5) is 0. The second-order valence-corrected chi connectivity index (χ2v) is 4.73. The van der Waals surface area contributed by atoms with Crippen LogP contribution in [-0.4, -0.2) is 16.9 Å². The van der Waals surface area contributed by atoms with E-state index < -0.39 is 0 Å². The number of aryl methyl sites for hydroxylation is 1. The summed E-state index contributed by atoms with van der Waals surface area (Å²) < 4.78 is 7.30. The fraction of sp³-hybridized carbons (Fsp3) is 0.400. The molecule has 0 spiro atoms. The van der Waals surface area contributed by atoms with Crippen molar-refractivity contribution in [3.05, 3.63) is 47.8 Å². The third kappa shape index (κ3) is 2.96. The number of aromatic nitrogens is 2. The van der Waals surface area contributed by atoms with E-state index in [1.165, 1.54) is 11.3 Å². The molecular formula is C15H21N3O. The molecule has 1 heterocycles. The molecule has 0 radical (unpaired) electrons. The summed E-state index contributed by atoms with van der Waals surface area (Å²) in [6.45, 7) is 4.29. The van der Waals surface area contributed by atoms with Crippen LogP contribution in [-0.2, 0) is 7.05 Å². The first-order chi connectivity index (χ1) is 9.13. The number of hydrogen-bond donors (Lipinski definition) is 1. The van der Waals surface area contributed by atoms with Crippen molar-refractivity contribution in [2.45, 2.75) is 25.9 Å². The van der Waals surface area contributed by atoms with Gasteiger partial charge in [0.15, 0.2) is 0 Å². The molecule has 102 valence electrons. The molecule has 0 aliphatic heterocycles. The highest BCUT2D eigenvalue weighted by Gasteiger charge is 2.16. The van der Waals surface area contributed by atoms with Gasteiger partial charge in [-0.15, -0.1) is 0 Å². The number of hydrogen-bond acceptors (Lipinski definition) is 3. The van der Waals surface area contributed by atoms with Crippen LogP contribution < -0.4 is 10.1 Å². The molecular weight excluding hydrogens is 238 g/mol. The van der Waals surface area contributed by atoms with E-state index in [0.29, 0.717) is 0 Å². The fourth-order valence-corrected chi connectivity index (χ4v) is 2.38. The zero-order chi connectivity index (χ0) is 13.8. The van der Waals surface area contributed by atoms with Crippen molar-refractivity contribution in [1.29, 1.82) is 0 Å². The molecule has 2 aromatic rings. The van der Waals surface area contributed by atoms with Crippen LogP contribution in [0.2, 0.25) is 0 Å². The van der Waals surface area contributed by atoms with E-state index in [1.807, 2.05) is 42.2 Å². The lowest BCUT2D eigenvalue weighted by molar-refractivity contribution is 0.394. The number of rotatable bonds is 5. The van der Waals surface area contributed by atoms with E-state index in [-0.39, 0.29) is 12.1 Å². The van der Waals surface area contributed by atoms with Gasteiger partial charge in [-0.2, -0.15) is 5.10 Å². The lowest BCUT2D eigenvalue weighted by Gasteiger charge is -2.22. The number of nitrogens with zero attached hydrogens (tertiary/aromatic N) is 2. The van der Waals surface area contributed by atoms with E-state index >= 15 is 0 Å². The smallest absolute Gasteiger partial charge is 0.123 e. The van der Waals surface area contributed by atoms with Crippen LogP contribution in [0.1, 0.15) is 37.2 Å². The normalized spacial score (nSPS) is 14.1. The Bertz CT molecular complexity index is 536. The molecule has 4 nitrogen and oxygen atoms in total. The van der Waals surface area contributed by atoms with Crippen molar-refractivity contribution < 1.29 is 4.74 Å². The molecule has 0 bridgehead atoms. The zero-order valence-electron chi connectivity index (χ0n) is 11.9. The average Bonchev–Trinajstić information content (AvgIpc) is 2.85. The SMILES string of the molecule is COc1ccccc1C(C)NC(C)c1ccnn1C. The molecule has 1 N–H and O–H groups in total. The van der Waals surface area contributed by atoms with E-state index in [4.69, 9.17) is 4.74 Å². The average molecular weight is 259 g/mol. The van der Waals surface area contributed by atoms with Crippen molar-refractivity contribution >= 4 is 0 Å². The Hall–Kier alpha value is -1.81. The zero-order valence-corrected chi connectivity index (χ0v) is 11.9. The largest absolute Gasteiger partial charge is 0.496 e. The molecule has 4 heteroatoms. The summed E-state index contributed by atoms with van der Waals surface area (Å²) in [5.41, 5.74) is 2.33. The first-order valence-electron chi connectivity index (χ1n) is 6.50. The van der Waals surface area contributed by atoms with Crippen LogP contribution in [0, 0.1) is 0 Å². The molecule has 0 amide bonds. The van der Waals surface area contributed by atoms with Gasteiger partial charge in [-0.05, 0) is 26.0 Å². The van der Waals surface area contributed by atoms with Crippen LogP contribution in [0.5, 0.6) is 5.75 Å². The van der Waals surface area contributed by atoms with Gasteiger partial charge in [0.25, 0.3) is 0 Å². The Kier molecular flexibility index (Phi) is 4.22. The minimum Gasteiger partial charge on any atom is -0.496 e. The molecule has 0 saturated heterocycles. The van der Waals surface area contributed by atoms with Crippen molar-refractivity contribution in [3.63, 3.8) is 0 Å². The summed E-state index contributed by atoms with van der Waals surface area (Å²) in [6.07, 6.45) is 1.82. The summed E-state index contributed by atoms with van der Waals surface area (Å²) in [6, 6.07) is 10.6. The Morgan fingerprint density at radius 2 is 1.89 bits per heavy atom. The maximum Gasteiger partial charge on any atom is 0.123 e. The molecule has 1 aromatic heterocycles. The van der Waals surface area contributed by atoms with E-state index in [9.17, 15) is 0 Å². The Morgan fingerprint density at radius 3 is 2.53 bits per heavy atom. The molecule has 19 heavy (non-hydrogen) atoms. The monoisotopic (exact) mass is 259 g/mol. The highest BCUT2D eigenvalue weighted by molar-refractivity contribution is 5.35. The van der Waals surface area contributed by atoms with Crippen LogP contribution >= 0.6 is 0 Å². The van der Waals surface area contributed by atoms with E-state index in [2.05, 4.69) is 30.3 Å². The highest BCUT2D eigenvalue weighted by Crippen LogP contribution is 2.26. The number of para-hydroxylation sites is 1. The van der Waals surface area contributed by atoms with Crippen LogP contribution in [0.3, 0.4) is 0 Å². The van der Waals surface area contributed by atoms with Crippen LogP contribution in [0.15, 0.2) is 36.5 Å². The van der Waals surface area contributed by atoms with Gasteiger partial charge in [0.1, 0.15) is 5.75 Å². The van der Waals surface area contributed by atoms with Crippen molar-refractivity contribution in [2.75, 3.05) is 7.11 Å². The Balaban J connectivity index is 2.13.